The van der Waals surface area contributed by atoms with Crippen LogP contribution in [-0.4, -0.2) is 22.4 Å². The van der Waals surface area contributed by atoms with Gasteiger partial charge < -0.3 is 5.11 Å². The molecule has 1 N–H and O–H groups in total. The van der Waals surface area contributed by atoms with Gasteiger partial charge >= 0.3 is 0 Å². The zero-order chi connectivity index (χ0) is 12.5. The molecule has 0 aromatic heterocycles. The van der Waals surface area contributed by atoms with Gasteiger partial charge in [-0.05, 0) is 37.0 Å². The fourth-order valence-corrected chi connectivity index (χ4v) is 5.02. The molecule has 0 spiro atoms. The van der Waals surface area contributed by atoms with E-state index in [1.165, 1.54) is 47.1 Å². The molecule has 17 heavy (non-hydrogen) atoms. The third-order valence-electron chi connectivity index (χ3n) is 3.68. The Morgan fingerprint density at radius 2 is 1.18 bits per heavy atom. The molecule has 2 aliphatic carbocycles. The molecule has 0 unspecified atom stereocenters. The minimum absolute atomic E-state index is 0.833. The maximum atomic E-state index is 9.00. The third kappa shape index (κ3) is 7.76. The summed E-state index contributed by atoms with van der Waals surface area (Å²) in [4.78, 5) is 9.00. The lowest BCUT2D eigenvalue weighted by Gasteiger charge is -2.28. The Morgan fingerprint density at radius 1 is 0.882 bits per heavy atom. The van der Waals surface area contributed by atoms with E-state index >= 15 is 0 Å². The van der Waals surface area contributed by atoms with Crippen LogP contribution in [0.15, 0.2) is 0 Å². The molecule has 2 fully saturated rings. The Bertz CT molecular complexity index is 186. The molecule has 0 saturated heterocycles. The van der Waals surface area contributed by atoms with Gasteiger partial charge in [0.2, 0.25) is 0 Å². The van der Waals surface area contributed by atoms with Gasteiger partial charge in [-0.25, -0.2) is 0 Å². The Kier molecular flexibility index (Phi) is 7.84. The van der Waals surface area contributed by atoms with Crippen LogP contribution in [0.4, 0.5) is 0 Å². The molecule has 2 saturated carbocycles. The van der Waals surface area contributed by atoms with Gasteiger partial charge in [-0.2, -0.15) is 0 Å². The Balaban J connectivity index is 0.000000317. The van der Waals surface area contributed by atoms with Gasteiger partial charge in [0.25, 0.3) is 5.97 Å². The van der Waals surface area contributed by atoms with Gasteiger partial charge in [0.05, 0.1) is 0 Å². The summed E-state index contributed by atoms with van der Waals surface area (Å²) in [7, 11) is 1.33. The summed E-state index contributed by atoms with van der Waals surface area (Å²) in [5, 5.41) is 7.42. The van der Waals surface area contributed by atoms with Crippen molar-refractivity contribution >= 4 is 14.6 Å². The number of rotatable bonds is 2. The molecular weight excluding hydrogens is 231 g/mol. The first-order chi connectivity index (χ1) is 8.18. The van der Waals surface area contributed by atoms with Crippen LogP contribution in [0.1, 0.15) is 71.1 Å². The summed E-state index contributed by atoms with van der Waals surface area (Å²) in [5.74, 6) is -0.833. The summed E-state index contributed by atoms with van der Waals surface area (Å²) < 4.78 is 0. The van der Waals surface area contributed by atoms with E-state index in [0.29, 0.717) is 0 Å². The predicted octanol–water partition coefficient (Wildman–Crippen LogP) is 4.42. The van der Waals surface area contributed by atoms with Crippen molar-refractivity contribution in [2.75, 3.05) is 0 Å². The second kappa shape index (κ2) is 8.91. The average molecular weight is 258 g/mol. The molecule has 0 aromatic carbocycles. The van der Waals surface area contributed by atoms with Crippen molar-refractivity contribution in [3.63, 3.8) is 0 Å². The number of carboxylic acid groups (broad SMARTS) is 1. The molecule has 0 amide bonds. The Hall–Kier alpha value is -0.100. The monoisotopic (exact) mass is 258 g/mol. The quantitative estimate of drug-likeness (QED) is 0.744. The topological polar surface area (TPSA) is 37.3 Å². The van der Waals surface area contributed by atoms with E-state index in [4.69, 9.17) is 9.90 Å². The summed E-state index contributed by atoms with van der Waals surface area (Å²) >= 11 is 0. The molecule has 0 atom stereocenters. The second-order valence-corrected chi connectivity index (χ2v) is 7.32. The van der Waals surface area contributed by atoms with Gasteiger partial charge in [-0.3, -0.25) is 4.79 Å². The Morgan fingerprint density at radius 3 is 1.47 bits per heavy atom. The molecule has 0 heterocycles. The zero-order valence-corrected chi connectivity index (χ0v) is 12.1. The first-order valence-corrected chi connectivity index (χ1v) is 8.29. The molecule has 3 heteroatoms. The standard InChI is InChI=1S/C12H23P.C2H4O2/c1-3-7-11(8-4-1)13-12-9-5-2-6-10-12;1-2(3)4/h11-13H,1-10H2;1H3,(H,3,4). The van der Waals surface area contributed by atoms with Gasteiger partial charge in [-0.15, -0.1) is 8.58 Å². The number of hydrogen-bond donors (Lipinski definition) is 1. The number of carbonyl (C=O) groups is 1. The molecule has 0 aromatic rings. The van der Waals surface area contributed by atoms with Gasteiger partial charge in [-0.1, -0.05) is 38.5 Å². The van der Waals surface area contributed by atoms with E-state index in [0.717, 1.165) is 18.2 Å². The summed E-state index contributed by atoms with van der Waals surface area (Å²) in [6.07, 6.45) is 15.4. The number of carboxylic acids is 1. The molecule has 2 aliphatic rings. The van der Waals surface area contributed by atoms with Crippen LogP contribution in [0.3, 0.4) is 0 Å². The molecule has 100 valence electrons. The van der Waals surface area contributed by atoms with E-state index < -0.39 is 5.97 Å². The fraction of sp³-hybridized carbons (Fsp3) is 0.929. The lowest BCUT2D eigenvalue weighted by Crippen LogP contribution is -2.14. The molecule has 2 rings (SSSR count). The van der Waals surface area contributed by atoms with Crippen molar-refractivity contribution in [1.82, 2.24) is 0 Å². The highest BCUT2D eigenvalue weighted by molar-refractivity contribution is 7.39. The lowest BCUT2D eigenvalue weighted by molar-refractivity contribution is -0.134. The number of aliphatic carboxylic acids is 1. The second-order valence-electron chi connectivity index (χ2n) is 5.36. The molecule has 0 radical (unpaired) electrons. The molecule has 0 bridgehead atoms. The first-order valence-electron chi connectivity index (χ1n) is 7.14. The van der Waals surface area contributed by atoms with Crippen LogP contribution in [0.5, 0.6) is 0 Å². The predicted molar refractivity (Wildman–Crippen MR) is 75.4 cm³/mol. The van der Waals surface area contributed by atoms with E-state index in [-0.39, 0.29) is 0 Å². The van der Waals surface area contributed by atoms with Crippen LogP contribution in [0.25, 0.3) is 0 Å². The van der Waals surface area contributed by atoms with Crippen LogP contribution >= 0.6 is 8.58 Å². The van der Waals surface area contributed by atoms with Crippen LogP contribution in [0, 0.1) is 0 Å². The first kappa shape index (κ1) is 15.0. The maximum Gasteiger partial charge on any atom is 0.300 e. The number of hydrogen-bond acceptors (Lipinski definition) is 1. The summed E-state index contributed by atoms with van der Waals surface area (Å²) in [5.41, 5.74) is 2.30. The lowest BCUT2D eigenvalue weighted by atomic mass is 10.00. The summed E-state index contributed by atoms with van der Waals surface area (Å²) in [6, 6.07) is 0. The molecular formula is C14H27O2P. The molecule has 2 nitrogen and oxygen atoms in total. The maximum absolute atomic E-state index is 9.00. The minimum atomic E-state index is -0.833. The average Bonchev–Trinajstić information content (AvgIpc) is 2.31. The van der Waals surface area contributed by atoms with Crippen molar-refractivity contribution in [1.29, 1.82) is 0 Å². The minimum Gasteiger partial charge on any atom is -0.481 e. The molecule has 0 aliphatic heterocycles. The third-order valence-corrected chi connectivity index (χ3v) is 5.78. The highest BCUT2D eigenvalue weighted by Crippen LogP contribution is 2.41. The van der Waals surface area contributed by atoms with Crippen molar-refractivity contribution in [3.05, 3.63) is 0 Å². The highest BCUT2D eigenvalue weighted by Gasteiger charge is 2.20. The van der Waals surface area contributed by atoms with Crippen molar-refractivity contribution in [2.24, 2.45) is 0 Å². The van der Waals surface area contributed by atoms with Gasteiger partial charge in [0.1, 0.15) is 0 Å². The highest BCUT2D eigenvalue weighted by atomic mass is 31.1. The van der Waals surface area contributed by atoms with Gasteiger partial charge in [0, 0.05) is 6.92 Å². The van der Waals surface area contributed by atoms with Crippen LogP contribution in [-0.2, 0) is 4.79 Å². The smallest absolute Gasteiger partial charge is 0.300 e. The van der Waals surface area contributed by atoms with Gasteiger partial charge in [0.15, 0.2) is 0 Å². The van der Waals surface area contributed by atoms with E-state index in [1.54, 1.807) is 25.7 Å². The van der Waals surface area contributed by atoms with E-state index in [2.05, 4.69) is 0 Å². The SMILES string of the molecule is C1CCC(PC2CCCCC2)CC1.CC(=O)O. The van der Waals surface area contributed by atoms with Crippen LogP contribution in [0.2, 0.25) is 0 Å². The largest absolute Gasteiger partial charge is 0.481 e. The fourth-order valence-electron chi connectivity index (χ4n) is 2.87. The van der Waals surface area contributed by atoms with E-state index in [1.807, 2.05) is 0 Å². The van der Waals surface area contributed by atoms with Crippen molar-refractivity contribution in [3.8, 4) is 0 Å². The normalized spacial score (nSPS) is 22.6. The Labute approximate surface area is 107 Å². The zero-order valence-electron chi connectivity index (χ0n) is 11.1. The van der Waals surface area contributed by atoms with E-state index in [9.17, 15) is 0 Å². The van der Waals surface area contributed by atoms with Crippen molar-refractivity contribution < 1.29 is 9.90 Å². The van der Waals surface area contributed by atoms with Crippen LogP contribution < -0.4 is 0 Å². The summed E-state index contributed by atoms with van der Waals surface area (Å²) in [6.45, 7) is 1.08. The van der Waals surface area contributed by atoms with Crippen molar-refractivity contribution in [2.45, 2.75) is 82.4 Å².